The Labute approximate surface area is 206 Å². The Balaban J connectivity index is 1.15. The van der Waals surface area contributed by atoms with Gasteiger partial charge in [0.05, 0.1) is 18.1 Å². The molecule has 6 heteroatoms. The zero-order valence-electron chi connectivity index (χ0n) is 19.8. The highest BCUT2D eigenvalue weighted by atomic mass is 16.6. The Bertz CT molecular complexity index is 1230. The van der Waals surface area contributed by atoms with E-state index in [-0.39, 0.29) is 11.5 Å². The fourth-order valence-corrected chi connectivity index (χ4v) is 6.13. The normalized spacial score (nSPS) is 24.8. The Kier molecular flexibility index (Phi) is 5.10. The monoisotopic (exact) mass is 470 g/mol. The Morgan fingerprint density at radius 3 is 2.49 bits per heavy atom. The second-order valence-corrected chi connectivity index (χ2v) is 9.97. The number of hydrogen-bond donors (Lipinski definition) is 0. The molecular formula is C29H30N2O4. The fourth-order valence-electron chi connectivity index (χ4n) is 6.13. The van der Waals surface area contributed by atoms with Gasteiger partial charge in [0.1, 0.15) is 25.6 Å². The minimum atomic E-state index is -0.208. The molecule has 0 amide bonds. The van der Waals surface area contributed by atoms with E-state index in [0.29, 0.717) is 19.8 Å². The molecule has 4 aliphatic rings. The highest BCUT2D eigenvalue weighted by Crippen LogP contribution is 2.54. The summed E-state index contributed by atoms with van der Waals surface area (Å²) in [6.07, 6.45) is 0.165. The second-order valence-electron chi connectivity index (χ2n) is 9.97. The van der Waals surface area contributed by atoms with Crippen LogP contribution in [0.3, 0.4) is 0 Å². The molecule has 1 fully saturated rings. The van der Waals surface area contributed by atoms with Gasteiger partial charge < -0.3 is 23.8 Å². The Hall–Kier alpha value is -3.22. The molecule has 0 unspecified atom stereocenters. The lowest BCUT2D eigenvalue weighted by Gasteiger charge is -2.36. The summed E-state index contributed by atoms with van der Waals surface area (Å²) in [6.45, 7) is 7.18. The lowest BCUT2D eigenvalue weighted by Crippen LogP contribution is -2.48. The molecule has 0 saturated carbocycles. The topological polar surface area (TPSA) is 43.4 Å². The number of nitrogens with zero attached hydrogens (tertiary/aromatic N) is 2. The molecule has 1 saturated heterocycles. The van der Waals surface area contributed by atoms with Crippen LogP contribution in [-0.4, -0.2) is 63.6 Å². The maximum Gasteiger partial charge on any atom is 0.165 e. The van der Waals surface area contributed by atoms with Crippen LogP contribution in [0.1, 0.15) is 16.7 Å². The predicted molar refractivity (Wildman–Crippen MR) is 134 cm³/mol. The number of rotatable bonds is 4. The van der Waals surface area contributed by atoms with Gasteiger partial charge in [-0.05, 0) is 23.3 Å². The van der Waals surface area contributed by atoms with Crippen molar-refractivity contribution >= 4 is 5.69 Å². The van der Waals surface area contributed by atoms with Gasteiger partial charge in [-0.15, -0.1) is 0 Å². The average Bonchev–Trinajstić information content (AvgIpc) is 3.41. The molecule has 0 N–H and O–H groups in total. The van der Waals surface area contributed by atoms with E-state index in [9.17, 15) is 0 Å². The summed E-state index contributed by atoms with van der Waals surface area (Å²) in [5, 5.41) is 0. The first-order valence-electron chi connectivity index (χ1n) is 12.6. The van der Waals surface area contributed by atoms with Crippen molar-refractivity contribution in [1.29, 1.82) is 0 Å². The third kappa shape index (κ3) is 3.63. The van der Waals surface area contributed by atoms with Gasteiger partial charge in [-0.2, -0.15) is 0 Å². The Morgan fingerprint density at radius 1 is 0.800 bits per heavy atom. The van der Waals surface area contributed by atoms with Crippen molar-refractivity contribution in [2.45, 2.75) is 18.1 Å². The molecule has 3 aromatic rings. The van der Waals surface area contributed by atoms with Gasteiger partial charge in [0.2, 0.25) is 0 Å². The highest BCUT2D eigenvalue weighted by molar-refractivity contribution is 5.70. The van der Waals surface area contributed by atoms with E-state index in [0.717, 1.165) is 56.6 Å². The molecule has 0 aliphatic carbocycles. The van der Waals surface area contributed by atoms with Crippen molar-refractivity contribution in [1.82, 2.24) is 4.90 Å². The molecule has 180 valence electrons. The van der Waals surface area contributed by atoms with Crippen molar-refractivity contribution in [3.63, 3.8) is 0 Å². The summed E-state index contributed by atoms with van der Waals surface area (Å²) >= 11 is 0. The first-order valence-corrected chi connectivity index (χ1v) is 12.6. The van der Waals surface area contributed by atoms with Crippen LogP contribution in [-0.2, 0) is 16.7 Å². The van der Waals surface area contributed by atoms with Crippen LogP contribution in [0.5, 0.6) is 17.2 Å². The highest BCUT2D eigenvalue weighted by Gasteiger charge is 2.50. The molecule has 3 aromatic carbocycles. The maximum absolute atomic E-state index is 6.28. The van der Waals surface area contributed by atoms with E-state index in [1.807, 2.05) is 6.07 Å². The van der Waals surface area contributed by atoms with Crippen LogP contribution in [0.2, 0.25) is 0 Å². The van der Waals surface area contributed by atoms with Crippen molar-refractivity contribution in [3.8, 4) is 17.2 Å². The van der Waals surface area contributed by atoms with E-state index < -0.39 is 0 Å². The zero-order chi connectivity index (χ0) is 23.2. The number of hydrogen-bond acceptors (Lipinski definition) is 6. The first-order chi connectivity index (χ1) is 17.3. The van der Waals surface area contributed by atoms with Crippen molar-refractivity contribution < 1.29 is 18.9 Å². The van der Waals surface area contributed by atoms with Crippen LogP contribution in [0.15, 0.2) is 66.7 Å². The summed E-state index contributed by atoms with van der Waals surface area (Å²) in [6, 6.07) is 23.6. The zero-order valence-corrected chi connectivity index (χ0v) is 19.8. The molecule has 0 bridgehead atoms. The maximum atomic E-state index is 6.28. The van der Waals surface area contributed by atoms with E-state index in [1.165, 1.54) is 22.4 Å². The van der Waals surface area contributed by atoms with Crippen LogP contribution in [0.4, 0.5) is 5.69 Å². The predicted octanol–water partition coefficient (Wildman–Crippen LogP) is 3.86. The number of ether oxygens (including phenoxy) is 4. The van der Waals surface area contributed by atoms with Crippen molar-refractivity contribution in [2.24, 2.45) is 0 Å². The summed E-state index contributed by atoms with van der Waals surface area (Å²) in [5.74, 6) is 2.51. The largest absolute Gasteiger partial charge is 0.492 e. The van der Waals surface area contributed by atoms with Gasteiger partial charge in [-0.1, -0.05) is 48.5 Å². The second kappa shape index (κ2) is 8.47. The molecule has 0 aromatic heterocycles. The fraction of sp³-hybridized carbons (Fsp3) is 0.379. The summed E-state index contributed by atoms with van der Waals surface area (Å²) in [4.78, 5) is 5.01. The smallest absolute Gasteiger partial charge is 0.165 e. The van der Waals surface area contributed by atoms with Gasteiger partial charge in [-0.25, -0.2) is 0 Å². The SMILES string of the molecule is c1ccc(CN2CCO[C@H](CN3C[C@]4(COc5cc6c(cc54)OCCO6)c4ccccc43)C2)cc1. The lowest BCUT2D eigenvalue weighted by molar-refractivity contribution is -0.0268. The third-order valence-corrected chi connectivity index (χ3v) is 7.75. The van der Waals surface area contributed by atoms with Crippen LogP contribution in [0, 0.1) is 0 Å². The molecule has 0 radical (unpaired) electrons. The lowest BCUT2D eigenvalue weighted by atomic mass is 9.77. The van der Waals surface area contributed by atoms with E-state index in [4.69, 9.17) is 18.9 Å². The standard InChI is InChI=1S/C29H30N2O4/c1-2-6-21(7-3-1)16-30-10-11-32-22(17-30)18-31-19-29(23-8-4-5-9-25(23)31)20-35-26-15-28-27(14-24(26)29)33-12-13-34-28/h1-9,14-15,22H,10-13,16-20H2/t22-,29-/m0/s1. The van der Waals surface area contributed by atoms with Crippen LogP contribution in [0.25, 0.3) is 0 Å². The third-order valence-electron chi connectivity index (χ3n) is 7.75. The van der Waals surface area contributed by atoms with Crippen LogP contribution < -0.4 is 19.1 Å². The molecule has 35 heavy (non-hydrogen) atoms. The molecule has 4 aliphatic heterocycles. The van der Waals surface area contributed by atoms with Crippen molar-refractivity contribution in [3.05, 3.63) is 83.4 Å². The molecule has 4 heterocycles. The number of fused-ring (bicyclic) bond motifs is 5. The molecule has 2 atom stereocenters. The summed E-state index contributed by atoms with van der Waals surface area (Å²) < 4.78 is 24.3. The van der Waals surface area contributed by atoms with Gasteiger partial charge in [0.15, 0.2) is 11.5 Å². The van der Waals surface area contributed by atoms with Crippen molar-refractivity contribution in [2.75, 3.05) is 57.5 Å². The quantitative estimate of drug-likeness (QED) is 0.577. The molecule has 7 rings (SSSR count). The number of anilines is 1. The number of morpholine rings is 1. The molecular weight excluding hydrogens is 440 g/mol. The minimum absolute atomic E-state index is 0.165. The van der Waals surface area contributed by atoms with Gasteiger partial charge in [0, 0.05) is 50.0 Å². The minimum Gasteiger partial charge on any atom is -0.492 e. The molecule has 6 nitrogen and oxygen atoms in total. The number of benzene rings is 3. The van der Waals surface area contributed by atoms with E-state index in [1.54, 1.807) is 0 Å². The summed E-state index contributed by atoms with van der Waals surface area (Å²) in [7, 11) is 0. The first kappa shape index (κ1) is 21.1. The Morgan fingerprint density at radius 2 is 1.60 bits per heavy atom. The average molecular weight is 471 g/mol. The van der Waals surface area contributed by atoms with Gasteiger partial charge >= 0.3 is 0 Å². The van der Waals surface area contributed by atoms with E-state index in [2.05, 4.69) is 70.5 Å². The molecule has 1 spiro atoms. The summed E-state index contributed by atoms with van der Waals surface area (Å²) in [5.41, 5.74) is 4.95. The van der Waals surface area contributed by atoms with E-state index >= 15 is 0 Å². The van der Waals surface area contributed by atoms with Crippen LogP contribution >= 0.6 is 0 Å². The number of para-hydroxylation sites is 1. The van der Waals surface area contributed by atoms with Gasteiger partial charge in [-0.3, -0.25) is 4.90 Å². The van der Waals surface area contributed by atoms with Gasteiger partial charge in [0.25, 0.3) is 0 Å².